The monoisotopic (exact) mass is 812 g/mol. The fourth-order valence-corrected chi connectivity index (χ4v) is 8.31. The lowest BCUT2D eigenvalue weighted by Crippen LogP contribution is -2.46. The van der Waals surface area contributed by atoms with Gasteiger partial charge in [0.2, 0.25) is 5.91 Å². The first-order valence-corrected chi connectivity index (χ1v) is 24.5. The summed E-state index contributed by atoms with van der Waals surface area (Å²) >= 11 is 0. The summed E-state index contributed by atoms with van der Waals surface area (Å²) in [5, 5.41) is 12.8. The predicted molar refractivity (Wildman–Crippen MR) is 249 cm³/mol. The summed E-state index contributed by atoms with van der Waals surface area (Å²) < 4.78 is 6.01. The Kier molecular flexibility index (Phi) is 28.8. The minimum Gasteiger partial charge on any atom is -0.389 e. The number of carbonyl (C=O) groups is 1. The average molecular weight is 812 g/mol. The molecule has 0 saturated heterocycles. The summed E-state index contributed by atoms with van der Waals surface area (Å²) in [6, 6.07) is 30.4. The van der Waals surface area contributed by atoms with Crippen molar-refractivity contribution >= 4 is 5.91 Å². The lowest BCUT2D eigenvalue weighted by Gasteiger charge is -2.40. The number of amides is 1. The number of carbonyl (C=O) groups excluding carboxylic acids is 1. The van der Waals surface area contributed by atoms with E-state index in [4.69, 9.17) is 9.57 Å². The second kappa shape index (κ2) is 33.7. The van der Waals surface area contributed by atoms with Crippen molar-refractivity contribution in [2.45, 2.75) is 205 Å². The van der Waals surface area contributed by atoms with Crippen molar-refractivity contribution in [2.75, 3.05) is 19.8 Å². The summed E-state index contributed by atoms with van der Waals surface area (Å²) in [7, 11) is 0. The summed E-state index contributed by atoms with van der Waals surface area (Å²) in [4.78, 5) is 21.3. The number of aliphatic hydroxyl groups excluding tert-OH is 1. The number of ether oxygens (including phenoxy) is 1. The van der Waals surface area contributed by atoms with Crippen molar-refractivity contribution in [1.29, 1.82) is 0 Å². The van der Waals surface area contributed by atoms with Crippen LogP contribution in [0.3, 0.4) is 0 Å². The molecule has 59 heavy (non-hydrogen) atoms. The largest absolute Gasteiger partial charge is 0.389 e. The van der Waals surface area contributed by atoms with E-state index in [1.54, 1.807) is 0 Å². The summed E-state index contributed by atoms with van der Waals surface area (Å²) in [6.07, 6.45) is 34.2. The quantitative estimate of drug-likeness (QED) is 0.0356. The molecule has 0 bridgehead atoms. The average Bonchev–Trinajstić information content (AvgIpc) is 3.27. The summed E-state index contributed by atoms with van der Waals surface area (Å²) in [5.41, 5.74) is 1.64. The van der Waals surface area contributed by atoms with Gasteiger partial charge in [-0.3, -0.25) is 4.79 Å². The second-order valence-electron chi connectivity index (χ2n) is 17.1. The molecule has 0 radical (unpaired) electrons. The van der Waals surface area contributed by atoms with Gasteiger partial charge in [-0.15, -0.1) is 0 Å². The Hall–Kier alpha value is -2.99. The van der Waals surface area contributed by atoms with E-state index in [1.165, 1.54) is 146 Å². The first-order chi connectivity index (χ1) is 29.1. The van der Waals surface area contributed by atoms with Crippen LogP contribution in [0, 0.1) is 0 Å². The van der Waals surface area contributed by atoms with E-state index in [-0.39, 0.29) is 19.1 Å². The van der Waals surface area contributed by atoms with Crippen LogP contribution in [-0.4, -0.2) is 41.9 Å². The third-order valence-electron chi connectivity index (χ3n) is 11.9. The standard InChI is InChI=1S/C54H85NO4/c1-3-5-7-9-11-13-15-17-19-21-23-25-27-38-46-58-48-52(56)47-55(53(57)45-37-26-24-22-20-18-16-14-12-10-8-6-4-2)59-54(49-39-31-28-32-40-49,50-41-33-29-34-42-50)51-43-35-30-36-44-51/h28-36,39-44,52,56H,3-27,37-38,45-48H2,1-2H3. The van der Waals surface area contributed by atoms with Crippen LogP contribution < -0.4 is 0 Å². The molecule has 3 aromatic rings. The molecule has 0 aromatic heterocycles. The van der Waals surface area contributed by atoms with Crippen LogP contribution in [0.4, 0.5) is 0 Å². The number of nitrogens with zero attached hydrogens (tertiary/aromatic N) is 1. The molecule has 0 spiro atoms. The lowest BCUT2D eigenvalue weighted by atomic mass is 9.80. The zero-order valence-corrected chi connectivity index (χ0v) is 37.8. The Morgan fingerprint density at radius 3 is 1.17 bits per heavy atom. The highest BCUT2D eigenvalue weighted by Gasteiger charge is 2.41. The maximum absolute atomic E-state index is 14.2. The van der Waals surface area contributed by atoms with E-state index < -0.39 is 11.7 Å². The second-order valence-corrected chi connectivity index (χ2v) is 17.1. The van der Waals surface area contributed by atoms with Crippen molar-refractivity contribution in [3.05, 3.63) is 108 Å². The Morgan fingerprint density at radius 2 is 0.814 bits per heavy atom. The predicted octanol–water partition coefficient (Wildman–Crippen LogP) is 15.1. The molecule has 1 unspecified atom stereocenters. The van der Waals surface area contributed by atoms with Gasteiger partial charge in [-0.1, -0.05) is 265 Å². The molecule has 0 aliphatic rings. The van der Waals surface area contributed by atoms with E-state index in [2.05, 4.69) is 50.2 Å². The number of unbranched alkanes of at least 4 members (excludes halogenated alkanes) is 25. The minimum atomic E-state index is -1.11. The number of hydrogen-bond donors (Lipinski definition) is 1. The van der Waals surface area contributed by atoms with Gasteiger partial charge in [-0.2, -0.15) is 0 Å². The molecule has 330 valence electrons. The van der Waals surface area contributed by atoms with Gasteiger partial charge in [-0.25, -0.2) is 9.90 Å². The molecule has 3 aromatic carbocycles. The number of aliphatic hydroxyl groups is 1. The highest BCUT2D eigenvalue weighted by molar-refractivity contribution is 5.75. The highest BCUT2D eigenvalue weighted by atomic mass is 16.7. The zero-order chi connectivity index (χ0) is 41.9. The van der Waals surface area contributed by atoms with Gasteiger partial charge in [0.15, 0.2) is 5.60 Å². The van der Waals surface area contributed by atoms with Gasteiger partial charge in [0.1, 0.15) is 0 Å². The van der Waals surface area contributed by atoms with Gasteiger partial charge >= 0.3 is 0 Å². The van der Waals surface area contributed by atoms with Crippen LogP contribution in [-0.2, 0) is 20.0 Å². The molecular weight excluding hydrogens is 727 g/mol. The molecule has 5 nitrogen and oxygen atoms in total. The van der Waals surface area contributed by atoms with Crippen LogP contribution in [0.2, 0.25) is 0 Å². The normalized spacial score (nSPS) is 12.2. The Bertz CT molecular complexity index is 1290. The van der Waals surface area contributed by atoms with Crippen molar-refractivity contribution < 1.29 is 19.5 Å². The molecule has 0 fully saturated rings. The fraction of sp³-hybridized carbons (Fsp3) is 0.648. The maximum Gasteiger partial charge on any atom is 0.246 e. The zero-order valence-electron chi connectivity index (χ0n) is 37.8. The van der Waals surface area contributed by atoms with Crippen molar-refractivity contribution in [3.8, 4) is 0 Å². The maximum atomic E-state index is 14.2. The molecule has 0 heterocycles. The van der Waals surface area contributed by atoms with E-state index in [0.29, 0.717) is 13.0 Å². The molecule has 0 aliphatic carbocycles. The SMILES string of the molecule is CCCCCCCCCCCCCCCCOCC(O)CN(OC(c1ccccc1)(c1ccccc1)c1ccccc1)C(=O)CCCCCCCCCCCCCCC. The van der Waals surface area contributed by atoms with Gasteiger partial charge in [0.05, 0.1) is 19.3 Å². The van der Waals surface area contributed by atoms with Crippen molar-refractivity contribution in [3.63, 3.8) is 0 Å². The molecule has 1 amide bonds. The fourth-order valence-electron chi connectivity index (χ4n) is 8.31. The number of rotatable bonds is 38. The molecule has 3 rings (SSSR count). The van der Waals surface area contributed by atoms with E-state index >= 15 is 0 Å². The Balaban J connectivity index is 1.53. The van der Waals surface area contributed by atoms with Gasteiger partial charge < -0.3 is 9.84 Å². The third-order valence-corrected chi connectivity index (χ3v) is 11.9. The Morgan fingerprint density at radius 1 is 0.492 bits per heavy atom. The highest BCUT2D eigenvalue weighted by Crippen LogP contribution is 2.41. The topological polar surface area (TPSA) is 59.0 Å². The van der Waals surface area contributed by atoms with Crippen LogP contribution in [0.1, 0.15) is 210 Å². The van der Waals surface area contributed by atoms with Crippen molar-refractivity contribution in [1.82, 2.24) is 5.06 Å². The number of hydroxylamine groups is 2. The first-order valence-electron chi connectivity index (χ1n) is 24.5. The van der Waals surface area contributed by atoms with Crippen LogP contribution in [0.5, 0.6) is 0 Å². The molecular formula is C54H85NO4. The molecule has 0 saturated carbocycles. The van der Waals surface area contributed by atoms with Crippen LogP contribution >= 0.6 is 0 Å². The molecule has 1 atom stereocenters. The van der Waals surface area contributed by atoms with E-state index in [1.807, 2.05) is 54.6 Å². The lowest BCUT2D eigenvalue weighted by molar-refractivity contribution is -0.231. The van der Waals surface area contributed by atoms with Crippen LogP contribution in [0.15, 0.2) is 91.0 Å². The first kappa shape index (κ1) is 50.4. The van der Waals surface area contributed by atoms with Crippen molar-refractivity contribution in [2.24, 2.45) is 0 Å². The van der Waals surface area contributed by atoms with E-state index in [0.717, 1.165) is 48.8 Å². The number of hydrogen-bond acceptors (Lipinski definition) is 4. The molecule has 0 aliphatic heterocycles. The van der Waals surface area contributed by atoms with E-state index in [9.17, 15) is 9.90 Å². The van der Waals surface area contributed by atoms with Gasteiger partial charge in [0.25, 0.3) is 0 Å². The Labute approximate surface area is 362 Å². The molecule has 1 N–H and O–H groups in total. The summed E-state index contributed by atoms with van der Waals surface area (Å²) in [5.74, 6) is -0.105. The molecule has 5 heteroatoms. The third kappa shape index (κ3) is 21.4. The van der Waals surface area contributed by atoms with Gasteiger partial charge in [-0.05, 0) is 29.5 Å². The van der Waals surface area contributed by atoms with Gasteiger partial charge in [0, 0.05) is 13.0 Å². The number of benzene rings is 3. The van der Waals surface area contributed by atoms with Crippen LogP contribution in [0.25, 0.3) is 0 Å². The summed E-state index contributed by atoms with van der Waals surface area (Å²) in [6.45, 7) is 5.37. The smallest absolute Gasteiger partial charge is 0.246 e. The minimum absolute atomic E-state index is 0.0320.